The number of benzene rings is 1. The normalized spacial score (nSPS) is 10.1. The van der Waals surface area contributed by atoms with Crippen molar-refractivity contribution in [2.75, 3.05) is 0 Å². The lowest BCUT2D eigenvalue weighted by Crippen LogP contribution is -1.86. The number of rotatable bonds is 1. The molecular formula is C12H10BrN. The quantitative estimate of drug-likeness (QED) is 0.747. The first-order valence-corrected chi connectivity index (χ1v) is 5.24. The van der Waals surface area contributed by atoms with Crippen LogP contribution in [0, 0.1) is 6.92 Å². The number of hydrogen-bond donors (Lipinski definition) is 0. The minimum absolute atomic E-state index is 1.05. The van der Waals surface area contributed by atoms with Gasteiger partial charge in [-0.2, -0.15) is 0 Å². The van der Waals surface area contributed by atoms with Gasteiger partial charge in [0, 0.05) is 22.4 Å². The van der Waals surface area contributed by atoms with Crippen LogP contribution in [0.2, 0.25) is 0 Å². The van der Waals surface area contributed by atoms with E-state index in [2.05, 4.69) is 40.0 Å². The second kappa shape index (κ2) is 3.93. The minimum Gasteiger partial charge on any atom is -0.263 e. The Labute approximate surface area is 91.9 Å². The molecule has 0 spiro atoms. The molecule has 2 rings (SSSR count). The Morgan fingerprint density at radius 1 is 1.07 bits per heavy atom. The summed E-state index contributed by atoms with van der Waals surface area (Å²) in [7, 11) is 0. The molecule has 0 amide bonds. The third kappa shape index (κ3) is 1.70. The van der Waals surface area contributed by atoms with Crippen LogP contribution >= 0.6 is 15.9 Å². The molecule has 0 aliphatic carbocycles. The van der Waals surface area contributed by atoms with Crippen LogP contribution in [-0.2, 0) is 0 Å². The second-order valence-electron chi connectivity index (χ2n) is 3.16. The Kier molecular flexibility index (Phi) is 2.64. The van der Waals surface area contributed by atoms with Gasteiger partial charge in [0.25, 0.3) is 0 Å². The van der Waals surface area contributed by atoms with Gasteiger partial charge in [0.15, 0.2) is 0 Å². The van der Waals surface area contributed by atoms with Gasteiger partial charge in [0.1, 0.15) is 0 Å². The van der Waals surface area contributed by atoms with Gasteiger partial charge in [-0.1, -0.05) is 30.3 Å². The molecule has 0 N–H and O–H groups in total. The Balaban J connectivity index is 2.58. The molecule has 1 aromatic carbocycles. The zero-order valence-corrected chi connectivity index (χ0v) is 9.45. The van der Waals surface area contributed by atoms with Crippen molar-refractivity contribution in [1.82, 2.24) is 4.98 Å². The Morgan fingerprint density at radius 3 is 2.50 bits per heavy atom. The molecule has 0 radical (unpaired) electrons. The van der Waals surface area contributed by atoms with E-state index >= 15 is 0 Å². The van der Waals surface area contributed by atoms with Gasteiger partial charge >= 0.3 is 0 Å². The number of pyridine rings is 1. The number of aromatic nitrogens is 1. The summed E-state index contributed by atoms with van der Waals surface area (Å²) < 4.78 is 1.05. The third-order valence-corrected chi connectivity index (χ3v) is 3.04. The number of nitrogens with zero attached hydrogens (tertiary/aromatic N) is 1. The van der Waals surface area contributed by atoms with Gasteiger partial charge < -0.3 is 0 Å². The first-order valence-electron chi connectivity index (χ1n) is 4.44. The molecule has 70 valence electrons. The molecule has 1 heterocycles. The minimum atomic E-state index is 1.05. The van der Waals surface area contributed by atoms with Gasteiger partial charge in [-0.25, -0.2) is 0 Å². The van der Waals surface area contributed by atoms with E-state index in [0.29, 0.717) is 0 Å². The molecule has 14 heavy (non-hydrogen) atoms. The zero-order valence-electron chi connectivity index (χ0n) is 7.87. The monoisotopic (exact) mass is 247 g/mol. The lowest BCUT2D eigenvalue weighted by Gasteiger charge is -2.06. The predicted octanol–water partition coefficient (Wildman–Crippen LogP) is 3.82. The SMILES string of the molecule is Cc1c(Br)cncc1-c1ccccc1. The highest BCUT2D eigenvalue weighted by Crippen LogP contribution is 2.26. The average molecular weight is 248 g/mol. The standard InChI is InChI=1S/C12H10BrN/c1-9-11(7-14-8-12(9)13)10-5-3-2-4-6-10/h2-8H,1H3. The van der Waals surface area contributed by atoms with E-state index in [1.165, 1.54) is 16.7 Å². The van der Waals surface area contributed by atoms with Crippen LogP contribution in [0.4, 0.5) is 0 Å². The third-order valence-electron chi connectivity index (χ3n) is 2.24. The summed E-state index contributed by atoms with van der Waals surface area (Å²) in [6.07, 6.45) is 3.72. The van der Waals surface area contributed by atoms with Gasteiger partial charge in [0.2, 0.25) is 0 Å². The first kappa shape index (κ1) is 9.41. The highest BCUT2D eigenvalue weighted by Gasteiger charge is 2.03. The Morgan fingerprint density at radius 2 is 1.79 bits per heavy atom. The maximum absolute atomic E-state index is 4.17. The lowest BCUT2D eigenvalue weighted by atomic mass is 10.0. The maximum atomic E-state index is 4.17. The molecule has 0 unspecified atom stereocenters. The summed E-state index contributed by atoms with van der Waals surface area (Å²) in [6, 6.07) is 10.3. The van der Waals surface area contributed by atoms with Crippen LogP contribution in [0.3, 0.4) is 0 Å². The lowest BCUT2D eigenvalue weighted by molar-refractivity contribution is 1.26. The second-order valence-corrected chi connectivity index (χ2v) is 4.01. The summed E-state index contributed by atoms with van der Waals surface area (Å²) in [5.41, 5.74) is 3.62. The Bertz CT molecular complexity index is 437. The van der Waals surface area contributed by atoms with Crippen molar-refractivity contribution in [1.29, 1.82) is 0 Å². The summed E-state index contributed by atoms with van der Waals surface area (Å²) in [5.74, 6) is 0. The number of hydrogen-bond acceptors (Lipinski definition) is 1. The van der Waals surface area contributed by atoms with E-state index in [1.807, 2.05) is 30.6 Å². The van der Waals surface area contributed by atoms with E-state index in [4.69, 9.17) is 0 Å². The molecule has 0 aliphatic rings. The molecule has 0 saturated heterocycles. The van der Waals surface area contributed by atoms with Crippen molar-refractivity contribution in [2.45, 2.75) is 6.92 Å². The molecule has 0 bridgehead atoms. The van der Waals surface area contributed by atoms with Crippen molar-refractivity contribution in [3.8, 4) is 11.1 Å². The number of halogens is 1. The van der Waals surface area contributed by atoms with Crippen LogP contribution in [-0.4, -0.2) is 4.98 Å². The van der Waals surface area contributed by atoms with E-state index in [-0.39, 0.29) is 0 Å². The molecule has 0 fully saturated rings. The van der Waals surface area contributed by atoms with Crippen LogP contribution in [0.15, 0.2) is 47.2 Å². The van der Waals surface area contributed by atoms with Crippen molar-refractivity contribution in [3.05, 3.63) is 52.8 Å². The fourth-order valence-electron chi connectivity index (χ4n) is 1.41. The topological polar surface area (TPSA) is 12.9 Å². The van der Waals surface area contributed by atoms with Crippen LogP contribution < -0.4 is 0 Å². The molecule has 1 aromatic heterocycles. The van der Waals surface area contributed by atoms with Crippen molar-refractivity contribution in [2.24, 2.45) is 0 Å². The molecule has 1 nitrogen and oxygen atoms in total. The van der Waals surface area contributed by atoms with Gasteiger partial charge in [-0.05, 0) is 34.0 Å². The molecule has 0 atom stereocenters. The van der Waals surface area contributed by atoms with E-state index in [1.54, 1.807) is 0 Å². The van der Waals surface area contributed by atoms with Gasteiger partial charge in [0.05, 0.1) is 0 Å². The molecule has 2 heteroatoms. The highest BCUT2D eigenvalue weighted by atomic mass is 79.9. The van der Waals surface area contributed by atoms with Crippen molar-refractivity contribution >= 4 is 15.9 Å². The predicted molar refractivity (Wildman–Crippen MR) is 62.1 cm³/mol. The van der Waals surface area contributed by atoms with Crippen LogP contribution in [0.25, 0.3) is 11.1 Å². The van der Waals surface area contributed by atoms with Crippen LogP contribution in [0.1, 0.15) is 5.56 Å². The summed E-state index contributed by atoms with van der Waals surface area (Å²) in [5, 5.41) is 0. The highest BCUT2D eigenvalue weighted by molar-refractivity contribution is 9.10. The van der Waals surface area contributed by atoms with E-state index < -0.39 is 0 Å². The maximum Gasteiger partial charge on any atom is 0.0413 e. The first-order chi connectivity index (χ1) is 6.79. The molecule has 2 aromatic rings. The van der Waals surface area contributed by atoms with Crippen molar-refractivity contribution in [3.63, 3.8) is 0 Å². The largest absolute Gasteiger partial charge is 0.263 e. The smallest absolute Gasteiger partial charge is 0.0413 e. The molecule has 0 aliphatic heterocycles. The van der Waals surface area contributed by atoms with Gasteiger partial charge in [-0.15, -0.1) is 0 Å². The van der Waals surface area contributed by atoms with Crippen LogP contribution in [0.5, 0.6) is 0 Å². The fourth-order valence-corrected chi connectivity index (χ4v) is 1.74. The van der Waals surface area contributed by atoms with E-state index in [0.717, 1.165) is 4.47 Å². The van der Waals surface area contributed by atoms with Crippen molar-refractivity contribution < 1.29 is 0 Å². The summed E-state index contributed by atoms with van der Waals surface area (Å²) >= 11 is 3.48. The fraction of sp³-hybridized carbons (Fsp3) is 0.0833. The summed E-state index contributed by atoms with van der Waals surface area (Å²) in [4.78, 5) is 4.17. The Hall–Kier alpha value is -1.15. The summed E-state index contributed by atoms with van der Waals surface area (Å²) in [6.45, 7) is 2.09. The zero-order chi connectivity index (χ0) is 9.97. The molecule has 0 saturated carbocycles. The van der Waals surface area contributed by atoms with E-state index in [9.17, 15) is 0 Å². The average Bonchev–Trinajstić information content (AvgIpc) is 2.23. The van der Waals surface area contributed by atoms with Gasteiger partial charge in [-0.3, -0.25) is 4.98 Å². The molecular weight excluding hydrogens is 238 g/mol.